The minimum absolute atomic E-state index is 0.0813. The van der Waals surface area contributed by atoms with Crippen LogP contribution in [-0.4, -0.2) is 52.7 Å². The van der Waals surface area contributed by atoms with Gasteiger partial charge in [-0.1, -0.05) is 12.1 Å². The van der Waals surface area contributed by atoms with Crippen LogP contribution in [0.25, 0.3) is 11.0 Å². The Labute approximate surface area is 130 Å². The van der Waals surface area contributed by atoms with Crippen molar-refractivity contribution < 1.29 is 9.53 Å². The number of benzene rings is 1. The van der Waals surface area contributed by atoms with E-state index in [1.165, 1.54) is 0 Å². The van der Waals surface area contributed by atoms with Crippen LogP contribution >= 0.6 is 0 Å². The fourth-order valence-electron chi connectivity index (χ4n) is 3.02. The number of amides is 1. The molecule has 118 valence electrons. The van der Waals surface area contributed by atoms with Crippen molar-refractivity contribution in [3.63, 3.8) is 0 Å². The average Bonchev–Trinajstić information content (AvgIpc) is 2.83. The van der Waals surface area contributed by atoms with Gasteiger partial charge < -0.3 is 14.6 Å². The summed E-state index contributed by atoms with van der Waals surface area (Å²) in [5, 5.41) is 2.68. The number of aromatic nitrogens is 2. The monoisotopic (exact) mass is 302 g/mol. The Morgan fingerprint density at radius 3 is 2.95 bits per heavy atom. The van der Waals surface area contributed by atoms with Gasteiger partial charge in [0.1, 0.15) is 5.82 Å². The van der Waals surface area contributed by atoms with E-state index >= 15 is 0 Å². The van der Waals surface area contributed by atoms with Crippen molar-refractivity contribution in [1.29, 1.82) is 0 Å². The van der Waals surface area contributed by atoms with Crippen LogP contribution in [0.5, 0.6) is 0 Å². The van der Waals surface area contributed by atoms with E-state index in [0.717, 1.165) is 23.4 Å². The molecule has 1 amide bonds. The molecule has 2 heterocycles. The van der Waals surface area contributed by atoms with Gasteiger partial charge in [0.2, 0.25) is 0 Å². The first kappa shape index (κ1) is 15.0. The first-order chi connectivity index (χ1) is 10.5. The topological polar surface area (TPSA) is 59.4 Å². The highest BCUT2D eigenvalue weighted by molar-refractivity contribution is 5.84. The first-order valence-corrected chi connectivity index (χ1v) is 7.52. The molecule has 6 heteroatoms. The molecule has 3 rings (SSSR count). The molecular weight excluding hydrogens is 280 g/mol. The number of para-hydroxylation sites is 2. The van der Waals surface area contributed by atoms with Gasteiger partial charge in [-0.3, -0.25) is 9.69 Å². The average molecular weight is 302 g/mol. The third kappa shape index (κ3) is 2.60. The van der Waals surface area contributed by atoms with Gasteiger partial charge in [0.15, 0.2) is 5.60 Å². The first-order valence-electron chi connectivity index (χ1n) is 7.52. The number of likely N-dealkylation sites (N-methyl/N-ethyl adjacent to an activating group) is 1. The zero-order valence-electron chi connectivity index (χ0n) is 13.3. The molecule has 0 saturated carbocycles. The van der Waals surface area contributed by atoms with Gasteiger partial charge in [0.05, 0.1) is 24.2 Å². The van der Waals surface area contributed by atoms with E-state index in [1.54, 1.807) is 7.05 Å². The number of morpholine rings is 1. The second-order valence-electron chi connectivity index (χ2n) is 5.94. The van der Waals surface area contributed by atoms with Crippen molar-refractivity contribution in [3.8, 4) is 0 Å². The number of aryl methyl sites for hydroxylation is 1. The summed E-state index contributed by atoms with van der Waals surface area (Å²) in [5.74, 6) is 0.921. The Balaban J connectivity index is 1.80. The highest BCUT2D eigenvalue weighted by Crippen LogP contribution is 2.21. The predicted octanol–water partition coefficient (Wildman–Crippen LogP) is 0.910. The van der Waals surface area contributed by atoms with E-state index in [-0.39, 0.29) is 5.91 Å². The molecular formula is C16H22N4O2. The lowest BCUT2D eigenvalue weighted by molar-refractivity contribution is -0.156. The number of nitrogens with zero attached hydrogens (tertiary/aromatic N) is 3. The highest BCUT2D eigenvalue weighted by atomic mass is 16.5. The summed E-state index contributed by atoms with van der Waals surface area (Å²) in [7, 11) is 3.67. The summed E-state index contributed by atoms with van der Waals surface area (Å²) < 4.78 is 7.81. The normalized spacial score (nSPS) is 22.9. The summed E-state index contributed by atoms with van der Waals surface area (Å²) in [6, 6.07) is 8.11. The van der Waals surface area contributed by atoms with Crippen LogP contribution in [0.15, 0.2) is 24.3 Å². The molecule has 1 atom stereocenters. The van der Waals surface area contributed by atoms with E-state index in [4.69, 9.17) is 9.72 Å². The molecule has 1 saturated heterocycles. The molecule has 1 aromatic heterocycles. The number of hydrogen-bond acceptors (Lipinski definition) is 4. The van der Waals surface area contributed by atoms with Gasteiger partial charge in [-0.25, -0.2) is 4.98 Å². The molecule has 22 heavy (non-hydrogen) atoms. The molecule has 0 bridgehead atoms. The third-order valence-corrected chi connectivity index (χ3v) is 4.31. The molecule has 1 fully saturated rings. The number of fused-ring (bicyclic) bond motifs is 1. The minimum atomic E-state index is -0.794. The zero-order chi connectivity index (χ0) is 15.7. The molecule has 1 N–H and O–H groups in total. The van der Waals surface area contributed by atoms with Crippen LogP contribution in [0.1, 0.15) is 12.7 Å². The number of imidazole rings is 1. The number of carbonyl (C=O) groups is 1. The highest BCUT2D eigenvalue weighted by Gasteiger charge is 2.38. The Morgan fingerprint density at radius 2 is 2.23 bits per heavy atom. The summed E-state index contributed by atoms with van der Waals surface area (Å²) >= 11 is 0. The zero-order valence-corrected chi connectivity index (χ0v) is 13.3. The van der Waals surface area contributed by atoms with E-state index in [9.17, 15) is 4.79 Å². The number of hydrogen-bond donors (Lipinski definition) is 1. The molecule has 1 aliphatic heterocycles. The fourth-order valence-corrected chi connectivity index (χ4v) is 3.02. The predicted molar refractivity (Wildman–Crippen MR) is 84.4 cm³/mol. The molecule has 0 unspecified atom stereocenters. The fraction of sp³-hybridized carbons (Fsp3) is 0.500. The van der Waals surface area contributed by atoms with Crippen molar-refractivity contribution in [2.24, 2.45) is 7.05 Å². The van der Waals surface area contributed by atoms with Gasteiger partial charge in [-0.15, -0.1) is 0 Å². The lowest BCUT2D eigenvalue weighted by Crippen LogP contribution is -2.57. The number of nitrogens with one attached hydrogen (secondary N) is 1. The van der Waals surface area contributed by atoms with Crippen LogP contribution in [0.3, 0.4) is 0 Å². The van der Waals surface area contributed by atoms with E-state index in [1.807, 2.05) is 32.2 Å². The molecule has 6 nitrogen and oxygen atoms in total. The second-order valence-corrected chi connectivity index (χ2v) is 5.94. The van der Waals surface area contributed by atoms with E-state index in [2.05, 4.69) is 20.9 Å². The van der Waals surface area contributed by atoms with Crippen molar-refractivity contribution in [1.82, 2.24) is 19.8 Å². The number of ether oxygens (including phenoxy) is 1. The lowest BCUT2D eigenvalue weighted by atomic mass is 10.0. The van der Waals surface area contributed by atoms with Gasteiger partial charge in [-0.05, 0) is 19.1 Å². The summed E-state index contributed by atoms with van der Waals surface area (Å²) in [6.45, 7) is 4.47. The largest absolute Gasteiger partial charge is 0.363 e. The Bertz CT molecular complexity index is 697. The van der Waals surface area contributed by atoms with Crippen LogP contribution in [0.2, 0.25) is 0 Å². The van der Waals surface area contributed by atoms with E-state index in [0.29, 0.717) is 19.7 Å². The Hall–Kier alpha value is -1.92. The van der Waals surface area contributed by atoms with Crippen molar-refractivity contribution in [2.75, 3.05) is 26.7 Å². The lowest BCUT2D eigenvalue weighted by Gasteiger charge is -2.38. The van der Waals surface area contributed by atoms with Crippen LogP contribution in [0, 0.1) is 0 Å². The number of carbonyl (C=O) groups excluding carboxylic acids is 1. The maximum Gasteiger partial charge on any atom is 0.253 e. The SMILES string of the molecule is CNC(=O)[C@]1(C)CN(Cc2nc3ccccc3n2C)CCO1. The van der Waals surface area contributed by atoms with Gasteiger partial charge in [0, 0.05) is 27.2 Å². The van der Waals surface area contributed by atoms with Crippen LogP contribution < -0.4 is 5.32 Å². The summed E-state index contributed by atoms with van der Waals surface area (Å²) in [4.78, 5) is 18.9. The van der Waals surface area contributed by atoms with Crippen LogP contribution in [0.4, 0.5) is 0 Å². The second kappa shape index (κ2) is 5.70. The van der Waals surface area contributed by atoms with Crippen LogP contribution in [-0.2, 0) is 23.1 Å². The molecule has 1 aromatic carbocycles. The summed E-state index contributed by atoms with van der Waals surface area (Å²) in [5.41, 5.74) is 1.33. The van der Waals surface area contributed by atoms with Gasteiger partial charge in [0.25, 0.3) is 5.91 Å². The molecule has 1 aliphatic rings. The van der Waals surface area contributed by atoms with Gasteiger partial charge in [-0.2, -0.15) is 0 Å². The smallest absolute Gasteiger partial charge is 0.253 e. The maximum atomic E-state index is 12.0. The Morgan fingerprint density at radius 1 is 1.45 bits per heavy atom. The molecule has 0 aliphatic carbocycles. The molecule has 0 radical (unpaired) electrons. The minimum Gasteiger partial charge on any atom is -0.363 e. The van der Waals surface area contributed by atoms with Gasteiger partial charge >= 0.3 is 0 Å². The van der Waals surface area contributed by atoms with Crippen molar-refractivity contribution in [3.05, 3.63) is 30.1 Å². The quantitative estimate of drug-likeness (QED) is 0.915. The third-order valence-electron chi connectivity index (χ3n) is 4.31. The van der Waals surface area contributed by atoms with E-state index < -0.39 is 5.60 Å². The molecule has 2 aromatic rings. The van der Waals surface area contributed by atoms with Crippen molar-refractivity contribution >= 4 is 16.9 Å². The molecule has 0 spiro atoms. The standard InChI is InChI=1S/C16H22N4O2/c1-16(15(21)17-2)11-20(8-9-22-16)10-14-18-12-6-4-5-7-13(12)19(14)3/h4-7H,8-11H2,1-3H3,(H,17,21)/t16-/m0/s1. The maximum absolute atomic E-state index is 12.0. The summed E-state index contributed by atoms with van der Waals surface area (Å²) in [6.07, 6.45) is 0. The Kier molecular flexibility index (Phi) is 3.88. The number of rotatable bonds is 3. The van der Waals surface area contributed by atoms with Crippen molar-refractivity contribution in [2.45, 2.75) is 19.1 Å².